The molecule has 0 bridgehead atoms. The van der Waals surface area contributed by atoms with Gasteiger partial charge in [0.1, 0.15) is 0 Å². The van der Waals surface area contributed by atoms with Gasteiger partial charge in [-0.05, 0) is 31.4 Å². The second-order valence-electron chi connectivity index (χ2n) is 6.72. The Balaban J connectivity index is 3.40. The highest BCUT2D eigenvalue weighted by molar-refractivity contribution is 6.96. The number of rotatable bonds is 11. The first kappa shape index (κ1) is 21.7. The van der Waals surface area contributed by atoms with E-state index >= 15 is 0 Å². The van der Waals surface area contributed by atoms with Crippen molar-refractivity contribution in [2.45, 2.75) is 78.4 Å². The minimum atomic E-state index is -1.59. The van der Waals surface area contributed by atoms with Gasteiger partial charge in [-0.2, -0.15) is 0 Å². The van der Waals surface area contributed by atoms with E-state index in [1.165, 1.54) is 42.6 Å². The molecule has 25 heavy (non-hydrogen) atoms. The molecule has 0 amide bonds. The lowest BCUT2D eigenvalue weighted by atomic mass is 10.1. The number of ether oxygens (including phenoxy) is 1. The van der Waals surface area contributed by atoms with Gasteiger partial charge in [0, 0.05) is 0 Å². The van der Waals surface area contributed by atoms with Crippen molar-refractivity contribution in [2.75, 3.05) is 6.61 Å². The van der Waals surface area contributed by atoms with Crippen LogP contribution in [0.1, 0.15) is 76.2 Å². The van der Waals surface area contributed by atoms with Crippen LogP contribution in [-0.4, -0.2) is 20.7 Å². The van der Waals surface area contributed by atoms with Gasteiger partial charge in [0.15, 0.2) is 0 Å². The Morgan fingerprint density at radius 1 is 0.960 bits per heavy atom. The average molecular weight is 361 g/mol. The Morgan fingerprint density at radius 3 is 2.08 bits per heavy atom. The van der Waals surface area contributed by atoms with E-state index in [4.69, 9.17) is 4.74 Å². The van der Waals surface area contributed by atoms with Crippen molar-refractivity contribution in [1.29, 1.82) is 0 Å². The maximum Gasteiger partial charge on any atom is 0.338 e. The van der Waals surface area contributed by atoms with Gasteiger partial charge in [0.25, 0.3) is 0 Å². The Bertz CT molecular complexity index is 551. The molecule has 0 radical (unpaired) electrons. The molecule has 0 aliphatic carbocycles. The fourth-order valence-electron chi connectivity index (χ4n) is 3.68. The van der Waals surface area contributed by atoms with Gasteiger partial charge >= 0.3 is 5.97 Å². The quantitative estimate of drug-likeness (QED) is 0.244. The van der Waals surface area contributed by atoms with Gasteiger partial charge in [-0.15, -0.1) is 0 Å². The zero-order valence-corrected chi connectivity index (χ0v) is 17.9. The van der Waals surface area contributed by atoms with Crippen LogP contribution >= 0.6 is 0 Å². The maximum absolute atomic E-state index is 12.5. The molecule has 2 nitrogen and oxygen atoms in total. The lowest BCUT2D eigenvalue weighted by Crippen LogP contribution is -2.34. The monoisotopic (exact) mass is 360 g/mol. The van der Waals surface area contributed by atoms with E-state index in [0.717, 1.165) is 17.5 Å². The van der Waals surface area contributed by atoms with Crippen LogP contribution < -0.4 is 0 Å². The second-order valence-corrected chi connectivity index (χ2v) is 11.9. The van der Waals surface area contributed by atoms with Crippen LogP contribution in [0.4, 0.5) is 0 Å². The first-order valence-electron chi connectivity index (χ1n) is 10.1. The topological polar surface area (TPSA) is 26.3 Å². The first-order valence-corrected chi connectivity index (χ1v) is 12.7. The molecule has 1 aromatic rings. The van der Waals surface area contributed by atoms with Crippen LogP contribution in [0.15, 0.2) is 30.3 Å². The summed E-state index contributed by atoms with van der Waals surface area (Å²) < 4.78 is 5.32. The summed E-state index contributed by atoms with van der Waals surface area (Å²) in [6, 6.07) is 11.7. The van der Waals surface area contributed by atoms with Crippen LogP contribution in [0, 0.1) is 0 Å². The molecule has 1 rings (SSSR count). The largest absolute Gasteiger partial charge is 0.462 e. The lowest BCUT2D eigenvalue weighted by molar-refractivity contribution is 0.0526. The predicted octanol–water partition coefficient (Wildman–Crippen LogP) is 6.87. The van der Waals surface area contributed by atoms with Crippen LogP contribution in [-0.2, 0) is 4.74 Å². The molecule has 0 aliphatic heterocycles. The molecule has 0 saturated heterocycles. The SMILES string of the molecule is CCCCC/C=C(/c1ccccc1C(=O)OCC)[Si](CC)(CC)CC. The van der Waals surface area contributed by atoms with Crippen LogP contribution in [0.3, 0.4) is 0 Å². The minimum Gasteiger partial charge on any atom is -0.462 e. The molecular weight excluding hydrogens is 324 g/mol. The number of benzene rings is 1. The van der Waals surface area contributed by atoms with Gasteiger partial charge in [0.05, 0.1) is 20.2 Å². The molecule has 1 aromatic carbocycles. The molecule has 0 unspecified atom stereocenters. The molecular formula is C22H36O2Si. The Hall–Kier alpha value is -1.35. The van der Waals surface area contributed by atoms with Crippen molar-refractivity contribution in [2.24, 2.45) is 0 Å². The van der Waals surface area contributed by atoms with E-state index in [1.54, 1.807) is 0 Å². The highest BCUT2D eigenvalue weighted by Crippen LogP contribution is 2.37. The van der Waals surface area contributed by atoms with E-state index in [1.807, 2.05) is 19.1 Å². The van der Waals surface area contributed by atoms with Gasteiger partial charge < -0.3 is 4.74 Å². The van der Waals surface area contributed by atoms with Crippen LogP contribution in [0.5, 0.6) is 0 Å². The number of carbonyl (C=O) groups excluding carboxylic acids is 1. The third-order valence-electron chi connectivity index (χ3n) is 5.47. The maximum atomic E-state index is 12.5. The average Bonchev–Trinajstić information content (AvgIpc) is 2.65. The van der Waals surface area contributed by atoms with E-state index in [9.17, 15) is 4.79 Å². The molecule has 0 N–H and O–H groups in total. The smallest absolute Gasteiger partial charge is 0.338 e. The Kier molecular flexibility index (Phi) is 9.80. The summed E-state index contributed by atoms with van der Waals surface area (Å²) in [4.78, 5) is 12.5. The molecule has 0 saturated carbocycles. The molecule has 0 atom stereocenters. The number of hydrogen-bond acceptors (Lipinski definition) is 2. The van der Waals surface area contributed by atoms with Crippen molar-refractivity contribution in [3.05, 3.63) is 41.5 Å². The molecule has 3 heteroatoms. The van der Waals surface area contributed by atoms with Gasteiger partial charge in [-0.3, -0.25) is 0 Å². The highest BCUT2D eigenvalue weighted by atomic mass is 28.3. The molecule has 0 spiro atoms. The number of esters is 1. The number of allylic oxidation sites excluding steroid dienone is 1. The minimum absolute atomic E-state index is 0.191. The molecule has 0 aliphatic rings. The fraction of sp³-hybridized carbons (Fsp3) is 0.591. The van der Waals surface area contributed by atoms with Gasteiger partial charge in [-0.25, -0.2) is 4.79 Å². The van der Waals surface area contributed by atoms with Crippen LogP contribution in [0.2, 0.25) is 18.1 Å². The van der Waals surface area contributed by atoms with Crippen molar-refractivity contribution in [3.63, 3.8) is 0 Å². The summed E-state index contributed by atoms with van der Waals surface area (Å²) >= 11 is 0. The molecule has 0 fully saturated rings. The summed E-state index contributed by atoms with van der Waals surface area (Å²) in [6.45, 7) is 11.5. The predicted molar refractivity (Wildman–Crippen MR) is 112 cm³/mol. The number of carbonyl (C=O) groups is 1. The van der Waals surface area contributed by atoms with Crippen LogP contribution in [0.25, 0.3) is 5.20 Å². The van der Waals surface area contributed by atoms with E-state index in [2.05, 4.69) is 45.9 Å². The van der Waals surface area contributed by atoms with Gasteiger partial charge in [-0.1, -0.05) is 88.1 Å². The summed E-state index contributed by atoms with van der Waals surface area (Å²) in [5.74, 6) is -0.191. The molecule has 140 valence electrons. The van der Waals surface area contributed by atoms with Crippen molar-refractivity contribution < 1.29 is 9.53 Å². The lowest BCUT2D eigenvalue weighted by Gasteiger charge is -2.33. The van der Waals surface area contributed by atoms with E-state index in [0.29, 0.717) is 6.61 Å². The number of unbranched alkanes of at least 4 members (excludes halogenated alkanes) is 3. The number of hydrogen-bond donors (Lipinski definition) is 0. The van der Waals surface area contributed by atoms with E-state index in [-0.39, 0.29) is 5.97 Å². The second kappa shape index (κ2) is 11.3. The summed E-state index contributed by atoms with van der Waals surface area (Å²) in [5, 5.41) is 1.47. The summed E-state index contributed by atoms with van der Waals surface area (Å²) in [7, 11) is -1.59. The van der Waals surface area contributed by atoms with Gasteiger partial charge in [0.2, 0.25) is 0 Å². The highest BCUT2D eigenvalue weighted by Gasteiger charge is 2.33. The summed E-state index contributed by atoms with van der Waals surface area (Å²) in [6.07, 6.45) is 7.29. The standard InChI is InChI=1S/C22H36O2Si/c1-6-11-12-13-18-21(25(8-3,9-4)10-5)19-16-14-15-17-20(19)22(23)24-7-2/h14-18H,6-13H2,1-5H3/b21-18-. The molecule has 0 heterocycles. The fourth-order valence-corrected chi connectivity index (χ4v) is 7.69. The zero-order valence-electron chi connectivity index (χ0n) is 16.9. The summed E-state index contributed by atoms with van der Waals surface area (Å²) in [5.41, 5.74) is 1.85. The van der Waals surface area contributed by atoms with Crippen molar-refractivity contribution in [3.8, 4) is 0 Å². The normalized spacial score (nSPS) is 12.3. The first-order chi connectivity index (χ1) is 12.1. The third kappa shape index (κ3) is 5.57. The zero-order chi connectivity index (χ0) is 18.7. The van der Waals surface area contributed by atoms with Crippen molar-refractivity contribution in [1.82, 2.24) is 0 Å². The van der Waals surface area contributed by atoms with E-state index < -0.39 is 8.07 Å². The molecule has 0 aromatic heterocycles. The third-order valence-corrected chi connectivity index (χ3v) is 11.1. The van der Waals surface area contributed by atoms with Crippen molar-refractivity contribution >= 4 is 19.2 Å². The Labute approximate surface area is 155 Å². The Morgan fingerprint density at radius 2 is 1.56 bits per heavy atom.